The van der Waals surface area contributed by atoms with E-state index in [1.165, 1.54) is 0 Å². The number of nitrogens with zero attached hydrogens (tertiary/aromatic N) is 2. The molecule has 0 unspecified atom stereocenters. The fourth-order valence-electron chi connectivity index (χ4n) is 2.43. The van der Waals surface area contributed by atoms with Crippen LogP contribution in [0, 0.1) is 0 Å². The van der Waals surface area contributed by atoms with Crippen LogP contribution in [0.3, 0.4) is 0 Å². The molecule has 0 amide bonds. The smallest absolute Gasteiger partial charge is 0.227 e. The maximum atomic E-state index is 5.61. The number of thioether (sulfide) groups is 1. The number of benzene rings is 2. The average molecular weight is 371 g/mol. The molecule has 0 atom stereocenters. The number of aryl methyl sites for hydroxylation is 1. The standard InChI is InChI=1S/C19H21N3O3S/c1-23-16-8-7-15(11-17(16)24-2)26-10-9-18-21-19(22-25-18)14-5-3-13(12-20)4-6-14/h3-8,11H,9-10,12,20H2,1-2H3. The Morgan fingerprint density at radius 3 is 2.50 bits per heavy atom. The Hall–Kier alpha value is -2.51. The van der Waals surface area contributed by atoms with Gasteiger partial charge in [-0.2, -0.15) is 4.98 Å². The molecule has 0 saturated carbocycles. The molecular formula is C19H21N3O3S. The van der Waals surface area contributed by atoms with E-state index < -0.39 is 0 Å². The highest BCUT2D eigenvalue weighted by molar-refractivity contribution is 7.99. The fourth-order valence-corrected chi connectivity index (χ4v) is 3.29. The highest BCUT2D eigenvalue weighted by Crippen LogP contribution is 2.32. The summed E-state index contributed by atoms with van der Waals surface area (Å²) in [5, 5.41) is 4.05. The van der Waals surface area contributed by atoms with Crippen molar-refractivity contribution in [2.75, 3.05) is 20.0 Å². The van der Waals surface area contributed by atoms with Gasteiger partial charge in [0.2, 0.25) is 11.7 Å². The second-order valence-electron chi connectivity index (χ2n) is 5.53. The number of hydrogen-bond donors (Lipinski definition) is 1. The van der Waals surface area contributed by atoms with Gasteiger partial charge in [-0.05, 0) is 23.8 Å². The van der Waals surface area contributed by atoms with Crippen LogP contribution in [0.15, 0.2) is 51.9 Å². The molecule has 3 rings (SSSR count). The molecule has 1 aromatic heterocycles. The third kappa shape index (κ3) is 4.36. The van der Waals surface area contributed by atoms with Gasteiger partial charge in [-0.25, -0.2) is 0 Å². The van der Waals surface area contributed by atoms with Crippen LogP contribution in [0.1, 0.15) is 11.5 Å². The van der Waals surface area contributed by atoms with Crippen LogP contribution in [0.2, 0.25) is 0 Å². The Labute approximate surface area is 156 Å². The van der Waals surface area contributed by atoms with Crippen LogP contribution >= 0.6 is 11.8 Å². The number of methoxy groups -OCH3 is 2. The SMILES string of the molecule is COc1ccc(SCCc2nc(-c3ccc(CN)cc3)no2)cc1OC. The Balaban J connectivity index is 1.58. The zero-order valence-corrected chi connectivity index (χ0v) is 15.6. The molecular weight excluding hydrogens is 350 g/mol. The summed E-state index contributed by atoms with van der Waals surface area (Å²) >= 11 is 1.70. The van der Waals surface area contributed by atoms with Crippen molar-refractivity contribution >= 4 is 11.8 Å². The monoisotopic (exact) mass is 371 g/mol. The van der Waals surface area contributed by atoms with Crippen molar-refractivity contribution in [1.82, 2.24) is 10.1 Å². The van der Waals surface area contributed by atoms with Crippen LogP contribution in [0.25, 0.3) is 11.4 Å². The summed E-state index contributed by atoms with van der Waals surface area (Å²) in [6.07, 6.45) is 0.687. The summed E-state index contributed by atoms with van der Waals surface area (Å²) in [6.45, 7) is 0.519. The van der Waals surface area contributed by atoms with Crippen molar-refractivity contribution in [3.8, 4) is 22.9 Å². The molecule has 0 aliphatic rings. The molecule has 0 spiro atoms. The second-order valence-corrected chi connectivity index (χ2v) is 6.70. The van der Waals surface area contributed by atoms with Gasteiger partial charge in [0.15, 0.2) is 11.5 Å². The lowest BCUT2D eigenvalue weighted by Gasteiger charge is -2.08. The van der Waals surface area contributed by atoms with Crippen molar-refractivity contribution in [3.05, 3.63) is 53.9 Å². The number of aromatic nitrogens is 2. The molecule has 0 fully saturated rings. The lowest BCUT2D eigenvalue weighted by Crippen LogP contribution is -1.95. The molecule has 0 aliphatic carbocycles. The lowest BCUT2D eigenvalue weighted by atomic mass is 10.1. The first-order valence-corrected chi connectivity index (χ1v) is 9.19. The number of ether oxygens (including phenoxy) is 2. The molecule has 0 bridgehead atoms. The van der Waals surface area contributed by atoms with Gasteiger partial charge in [0.25, 0.3) is 0 Å². The van der Waals surface area contributed by atoms with Crippen molar-refractivity contribution < 1.29 is 14.0 Å². The molecule has 0 radical (unpaired) electrons. The quantitative estimate of drug-likeness (QED) is 0.606. The summed E-state index contributed by atoms with van der Waals surface area (Å²) in [4.78, 5) is 5.56. The van der Waals surface area contributed by atoms with Gasteiger partial charge in [0.05, 0.1) is 14.2 Å². The van der Waals surface area contributed by atoms with Crippen LogP contribution in [-0.2, 0) is 13.0 Å². The van der Waals surface area contributed by atoms with E-state index in [0.717, 1.165) is 33.3 Å². The maximum absolute atomic E-state index is 5.61. The molecule has 2 aromatic carbocycles. The molecule has 26 heavy (non-hydrogen) atoms. The Bertz CT molecular complexity index is 849. The van der Waals surface area contributed by atoms with E-state index in [2.05, 4.69) is 10.1 Å². The lowest BCUT2D eigenvalue weighted by molar-refractivity contribution is 0.354. The summed E-state index contributed by atoms with van der Waals surface area (Å²) in [6, 6.07) is 13.7. The fraction of sp³-hybridized carbons (Fsp3) is 0.263. The van der Waals surface area contributed by atoms with Gasteiger partial charge in [-0.1, -0.05) is 29.4 Å². The largest absolute Gasteiger partial charge is 0.493 e. The second kappa shape index (κ2) is 8.73. The number of hydrogen-bond acceptors (Lipinski definition) is 7. The number of rotatable bonds is 8. The van der Waals surface area contributed by atoms with Crippen molar-refractivity contribution in [3.63, 3.8) is 0 Å². The van der Waals surface area contributed by atoms with E-state index in [-0.39, 0.29) is 0 Å². The van der Waals surface area contributed by atoms with Crippen molar-refractivity contribution in [2.24, 2.45) is 5.73 Å². The minimum absolute atomic E-state index is 0.519. The first-order valence-electron chi connectivity index (χ1n) is 8.20. The Morgan fingerprint density at radius 1 is 1.04 bits per heavy atom. The summed E-state index contributed by atoms with van der Waals surface area (Å²) < 4.78 is 15.9. The van der Waals surface area contributed by atoms with Gasteiger partial charge in [-0.3, -0.25) is 0 Å². The summed E-state index contributed by atoms with van der Waals surface area (Å²) in [5.41, 5.74) is 7.61. The molecule has 2 N–H and O–H groups in total. The number of nitrogens with two attached hydrogens (primary N) is 1. The van der Waals surface area contributed by atoms with Crippen molar-refractivity contribution in [1.29, 1.82) is 0 Å². The maximum Gasteiger partial charge on any atom is 0.227 e. The van der Waals surface area contributed by atoms with Crippen molar-refractivity contribution in [2.45, 2.75) is 17.9 Å². The molecule has 6 nitrogen and oxygen atoms in total. The summed E-state index contributed by atoms with van der Waals surface area (Å²) in [7, 11) is 3.26. The molecule has 0 aliphatic heterocycles. The molecule has 7 heteroatoms. The highest BCUT2D eigenvalue weighted by atomic mass is 32.2. The van der Waals surface area contributed by atoms with E-state index in [1.54, 1.807) is 26.0 Å². The predicted molar refractivity (Wildman–Crippen MR) is 102 cm³/mol. The van der Waals surface area contributed by atoms with Gasteiger partial charge in [-0.15, -0.1) is 11.8 Å². The Morgan fingerprint density at radius 2 is 1.81 bits per heavy atom. The van der Waals surface area contributed by atoms with Crippen LogP contribution < -0.4 is 15.2 Å². The van der Waals surface area contributed by atoms with Crippen LogP contribution in [-0.4, -0.2) is 30.1 Å². The van der Waals surface area contributed by atoms with Gasteiger partial charge in [0.1, 0.15) is 0 Å². The first kappa shape index (κ1) is 18.3. The third-order valence-corrected chi connectivity index (χ3v) is 4.85. The molecule has 1 heterocycles. The summed E-state index contributed by atoms with van der Waals surface area (Å²) in [5.74, 6) is 3.48. The van der Waals surface area contributed by atoms with Gasteiger partial charge >= 0.3 is 0 Å². The molecule has 136 valence electrons. The minimum atomic E-state index is 0.519. The van der Waals surface area contributed by atoms with E-state index in [9.17, 15) is 0 Å². The van der Waals surface area contributed by atoms with E-state index in [0.29, 0.717) is 24.7 Å². The Kier molecular flexibility index (Phi) is 6.14. The average Bonchev–Trinajstić information content (AvgIpc) is 3.16. The third-order valence-electron chi connectivity index (χ3n) is 3.86. The highest BCUT2D eigenvalue weighted by Gasteiger charge is 2.10. The molecule has 3 aromatic rings. The van der Waals surface area contributed by atoms with E-state index in [4.69, 9.17) is 19.7 Å². The predicted octanol–water partition coefficient (Wildman–Crippen LogP) is 3.55. The van der Waals surface area contributed by atoms with Gasteiger partial charge < -0.3 is 19.7 Å². The zero-order chi connectivity index (χ0) is 18.4. The van der Waals surface area contributed by atoms with E-state index in [1.807, 2.05) is 42.5 Å². The minimum Gasteiger partial charge on any atom is -0.493 e. The van der Waals surface area contributed by atoms with Gasteiger partial charge in [0, 0.05) is 29.2 Å². The first-order chi connectivity index (χ1) is 12.7. The topological polar surface area (TPSA) is 83.4 Å². The zero-order valence-electron chi connectivity index (χ0n) is 14.8. The van der Waals surface area contributed by atoms with Crippen LogP contribution in [0.5, 0.6) is 11.5 Å². The molecule has 0 saturated heterocycles. The van der Waals surface area contributed by atoms with Crippen LogP contribution in [0.4, 0.5) is 0 Å². The normalized spacial score (nSPS) is 10.7. The van der Waals surface area contributed by atoms with E-state index >= 15 is 0 Å².